The number of hydrogen-bond acceptors (Lipinski definition) is 18. The molecule has 0 saturated heterocycles. The molecule has 0 heterocycles. The van der Waals surface area contributed by atoms with E-state index >= 15 is 0 Å². The van der Waals surface area contributed by atoms with E-state index in [9.17, 15) is 70.5 Å². The summed E-state index contributed by atoms with van der Waals surface area (Å²) in [5.41, 5.74) is 0. The van der Waals surface area contributed by atoms with E-state index in [4.69, 9.17) is 0 Å². The van der Waals surface area contributed by atoms with Crippen LogP contribution in [-0.4, -0.2) is 137 Å². The molecule has 8 rings (SSSR count). The molecule has 8 aliphatic carbocycles. The minimum atomic E-state index is -1.49. The monoisotopic (exact) mass is 1040 g/mol. The van der Waals surface area contributed by atoms with Gasteiger partial charge < -0.3 is 31.1 Å². The van der Waals surface area contributed by atoms with Gasteiger partial charge in [-0.25, -0.2) is 0 Å². The van der Waals surface area contributed by atoms with Gasteiger partial charge in [0.1, 0.15) is 36.4 Å². The van der Waals surface area contributed by atoms with E-state index in [-0.39, 0.29) is 90.6 Å². The van der Waals surface area contributed by atoms with Gasteiger partial charge in [0.25, 0.3) is 0 Å². The van der Waals surface area contributed by atoms with Crippen LogP contribution >= 0.6 is 0 Å². The number of azo groups is 2. The zero-order valence-electron chi connectivity index (χ0n) is 40.4. The Labute approximate surface area is 423 Å². The zero-order chi connectivity index (χ0) is 50.2. The molecule has 18 unspecified atom stereocenters. The molecular formula is C46H74CrN10O14. The van der Waals surface area contributed by atoms with Gasteiger partial charge in [-0.3, -0.25) is 50.0 Å². The first kappa shape index (κ1) is 56.4. The fourth-order valence-electron chi connectivity index (χ4n) is 13.5. The second-order valence-electron chi connectivity index (χ2n) is 21.9. The third-order valence-electron chi connectivity index (χ3n) is 17.5. The van der Waals surface area contributed by atoms with E-state index in [1.807, 2.05) is 0 Å². The molecule has 6 N–H and O–H groups in total. The van der Waals surface area contributed by atoms with Gasteiger partial charge in [-0.1, -0.05) is 77.0 Å². The van der Waals surface area contributed by atoms with E-state index in [1.165, 1.54) is 12.8 Å². The van der Waals surface area contributed by atoms with Crippen molar-refractivity contribution in [3.05, 3.63) is 40.5 Å². The summed E-state index contributed by atoms with van der Waals surface area (Å²) in [4.78, 5) is 69.2. The first-order valence-electron chi connectivity index (χ1n) is 26.2. The summed E-state index contributed by atoms with van der Waals surface area (Å²) in [7, 11) is 0. The smallest absolute Gasteiger partial charge is 0.247 e. The van der Waals surface area contributed by atoms with E-state index in [0.717, 1.165) is 103 Å². The minimum Gasteiger partial charge on any atom is -0.390 e. The summed E-state index contributed by atoms with van der Waals surface area (Å²) in [6.07, 6.45) is 13.2. The van der Waals surface area contributed by atoms with Gasteiger partial charge in [-0.15, -0.1) is 0 Å². The first-order chi connectivity index (χ1) is 33.5. The van der Waals surface area contributed by atoms with Gasteiger partial charge in [0.05, 0.1) is 36.9 Å². The molecule has 2 amide bonds. The predicted molar refractivity (Wildman–Crippen MR) is 248 cm³/mol. The van der Waals surface area contributed by atoms with Crippen molar-refractivity contribution in [2.24, 2.45) is 56.0 Å². The number of nitrogens with one attached hydrogen (secondary N) is 2. The summed E-state index contributed by atoms with van der Waals surface area (Å²) in [6, 6.07) is -8.64. The Hall–Kier alpha value is -3.89. The van der Waals surface area contributed by atoms with Crippen molar-refractivity contribution >= 4 is 11.8 Å². The summed E-state index contributed by atoms with van der Waals surface area (Å²) in [6.45, 7) is 0. The van der Waals surface area contributed by atoms with Crippen molar-refractivity contribution in [3.63, 3.8) is 0 Å². The van der Waals surface area contributed by atoms with Crippen LogP contribution in [-0.2, 0) is 27.0 Å². The second-order valence-corrected chi connectivity index (χ2v) is 21.9. The molecular weight excluding hydrogens is 969 g/mol. The maximum Gasteiger partial charge on any atom is 0.247 e. The van der Waals surface area contributed by atoms with Crippen molar-refractivity contribution < 1.29 is 67.1 Å². The van der Waals surface area contributed by atoms with Crippen LogP contribution in [0.5, 0.6) is 0 Å². The normalized spacial score (nSPS) is 40.1. The van der Waals surface area contributed by atoms with Gasteiger partial charge >= 0.3 is 0 Å². The number of aliphatic hydroxyl groups is 4. The third kappa shape index (κ3) is 13.8. The van der Waals surface area contributed by atoms with Crippen LogP contribution in [0.15, 0.2) is 20.5 Å². The average molecular weight is 1040 g/mol. The Kier molecular flexibility index (Phi) is 20.5. The number of amides is 2. The molecule has 0 aromatic rings. The van der Waals surface area contributed by atoms with E-state index in [1.54, 1.807) is 0 Å². The summed E-state index contributed by atoms with van der Waals surface area (Å²) < 4.78 is 0. The number of hydrogen-bond donors (Lipinski definition) is 6. The average Bonchev–Trinajstić information content (AvgIpc) is 3.34. The van der Waals surface area contributed by atoms with E-state index in [2.05, 4.69) is 31.1 Å². The molecule has 18 atom stereocenters. The number of fused-ring (bicyclic) bond motifs is 2. The fraction of sp³-hybridized carbons (Fsp3) is 0.957. The summed E-state index contributed by atoms with van der Waals surface area (Å²) in [5, 5.41) is 112. The molecule has 0 spiro atoms. The number of carbonyl (C=O) groups excluding carboxylic acids is 2. The molecule has 0 radical (unpaired) electrons. The molecule has 0 aromatic carbocycles. The Morgan fingerprint density at radius 2 is 0.761 bits per heavy atom. The number of nitrogens with zero attached hydrogens (tertiary/aromatic N) is 8. The van der Waals surface area contributed by atoms with Crippen molar-refractivity contribution in [1.29, 1.82) is 0 Å². The topological polar surface area (TPSA) is 361 Å². The van der Waals surface area contributed by atoms with Crippen LogP contribution < -0.4 is 10.6 Å². The van der Waals surface area contributed by atoms with E-state index in [0.29, 0.717) is 12.8 Å². The molecule has 398 valence electrons. The molecule has 8 aliphatic rings. The molecule has 24 nitrogen and oxygen atoms in total. The van der Waals surface area contributed by atoms with Crippen LogP contribution in [0.1, 0.15) is 154 Å². The molecule has 0 bridgehead atoms. The van der Waals surface area contributed by atoms with Crippen molar-refractivity contribution in [2.45, 2.75) is 239 Å². The maximum atomic E-state index is 13.2. The van der Waals surface area contributed by atoms with Crippen LogP contribution in [0.4, 0.5) is 0 Å². The zero-order valence-corrected chi connectivity index (χ0v) is 41.6. The Morgan fingerprint density at radius 3 is 1.10 bits per heavy atom. The quantitative estimate of drug-likeness (QED) is 0.0890. The van der Waals surface area contributed by atoms with Gasteiger partial charge in [0, 0.05) is 62.0 Å². The molecule has 8 fully saturated rings. The number of nitro groups is 4. The van der Waals surface area contributed by atoms with Crippen LogP contribution in [0, 0.1) is 76.0 Å². The fourth-order valence-corrected chi connectivity index (χ4v) is 13.5. The summed E-state index contributed by atoms with van der Waals surface area (Å²) in [5.74, 6) is -1.07. The molecule has 8 saturated carbocycles. The minimum absolute atomic E-state index is 0. The molecule has 0 aromatic heterocycles. The van der Waals surface area contributed by atoms with Crippen molar-refractivity contribution in [3.8, 4) is 0 Å². The number of aliphatic hydroxyl groups excluding tert-OH is 4. The van der Waals surface area contributed by atoms with Crippen molar-refractivity contribution in [2.75, 3.05) is 0 Å². The van der Waals surface area contributed by atoms with Crippen molar-refractivity contribution in [1.82, 2.24) is 10.6 Å². The SMILES string of the molecule is O=C(NC1CCCCC1)C1CC2CCCCC2C(N=NC2CC([N+](=O)[O-])CC([N+](=O)[O-])C2O)C1O.O=C(NC1CCCCC1)C1CC2CCCCC2C(N=NC2CC([N+](=O)[O-])CC([N+](=O)[O-])C2O)C1O.[Cr]. The second kappa shape index (κ2) is 25.9. The largest absolute Gasteiger partial charge is 0.390 e. The standard InChI is InChI=1S/2C23H37N5O7.Cr/c2*29-21-17(23(31)24-14-7-2-1-3-8-14)10-13-6-4-5-9-16(13)20(21)26-25-18-11-15(27(32)33)12-19(22(18)30)28(34)35;/h2*13-22,29-30H,1-12H2,(H,24,31);. The van der Waals surface area contributed by atoms with Gasteiger partial charge in [0.15, 0.2) is 0 Å². The van der Waals surface area contributed by atoms with E-state index < -0.39 is 104 Å². The Bertz CT molecular complexity index is 1780. The molecule has 25 heteroatoms. The van der Waals surface area contributed by atoms with Gasteiger partial charge in [-0.2, -0.15) is 20.5 Å². The molecule has 0 aliphatic heterocycles. The summed E-state index contributed by atoms with van der Waals surface area (Å²) >= 11 is 0. The number of rotatable bonds is 12. The van der Waals surface area contributed by atoms with Crippen LogP contribution in [0.25, 0.3) is 0 Å². The first-order valence-corrected chi connectivity index (χ1v) is 26.2. The van der Waals surface area contributed by atoms with Gasteiger partial charge in [-0.05, 0) is 75.0 Å². The van der Waals surface area contributed by atoms with Gasteiger partial charge in [0.2, 0.25) is 36.0 Å². The Balaban J connectivity index is 0.000000229. The maximum absolute atomic E-state index is 13.2. The Morgan fingerprint density at radius 1 is 0.423 bits per heavy atom. The number of carbonyl (C=O) groups is 2. The molecule has 71 heavy (non-hydrogen) atoms. The predicted octanol–water partition coefficient (Wildman–Crippen LogP) is 4.51. The van der Waals surface area contributed by atoms with Crippen LogP contribution in [0.3, 0.4) is 0 Å². The van der Waals surface area contributed by atoms with Crippen LogP contribution in [0.2, 0.25) is 0 Å². The third-order valence-corrected chi connectivity index (χ3v) is 17.5.